The molecule has 0 aliphatic carbocycles. The van der Waals surface area contributed by atoms with Crippen molar-refractivity contribution in [3.8, 4) is 11.5 Å². The average Bonchev–Trinajstić information content (AvgIpc) is 2.54. The Morgan fingerprint density at radius 2 is 1.84 bits per heavy atom. The summed E-state index contributed by atoms with van der Waals surface area (Å²) in [6.07, 6.45) is 3.14. The zero-order valence-corrected chi connectivity index (χ0v) is 15.7. The van der Waals surface area contributed by atoms with Crippen molar-refractivity contribution in [2.45, 2.75) is 39.0 Å². The number of hydrogen-bond donors (Lipinski definition) is 0. The summed E-state index contributed by atoms with van der Waals surface area (Å²) in [5.74, 6) is 1.72. The third-order valence-corrected chi connectivity index (χ3v) is 4.48. The highest BCUT2D eigenvalue weighted by Crippen LogP contribution is 2.42. The van der Waals surface area contributed by atoms with E-state index >= 15 is 0 Å². The van der Waals surface area contributed by atoms with E-state index < -0.39 is 0 Å². The van der Waals surface area contributed by atoms with E-state index in [0.717, 1.165) is 23.5 Å². The minimum absolute atomic E-state index is 0.00832. The maximum atomic E-state index is 6.24. The van der Waals surface area contributed by atoms with Crippen LogP contribution in [0.2, 0.25) is 0 Å². The molecule has 0 spiro atoms. The number of ether oxygens (including phenoxy) is 2. The first-order valence-corrected chi connectivity index (χ1v) is 8.76. The first kappa shape index (κ1) is 17.6. The summed E-state index contributed by atoms with van der Waals surface area (Å²) in [5.41, 5.74) is 3.42. The van der Waals surface area contributed by atoms with Crippen LogP contribution in [0.4, 0.5) is 0 Å². The van der Waals surface area contributed by atoms with Gasteiger partial charge in [-0.3, -0.25) is 4.90 Å². The molecule has 25 heavy (non-hydrogen) atoms. The summed E-state index contributed by atoms with van der Waals surface area (Å²) in [5, 5.41) is 0. The standard InChI is InChI=1S/C22H27NO2/c1-16(23(4)5)24-19-11-12-20-18(13-17-9-7-6-8-10-17)15-22(2,3)25-21(20)14-19/h6-14,16H,15H2,1-5H3/b18-13+. The van der Waals surface area contributed by atoms with Gasteiger partial charge in [0.2, 0.25) is 0 Å². The molecule has 132 valence electrons. The maximum absolute atomic E-state index is 6.24. The lowest BCUT2D eigenvalue weighted by Gasteiger charge is -2.34. The van der Waals surface area contributed by atoms with E-state index in [1.165, 1.54) is 11.1 Å². The Morgan fingerprint density at radius 1 is 1.12 bits per heavy atom. The van der Waals surface area contributed by atoms with E-state index in [1.54, 1.807) is 0 Å². The van der Waals surface area contributed by atoms with Gasteiger partial charge in [0, 0.05) is 18.1 Å². The Balaban J connectivity index is 1.96. The predicted molar refractivity (Wildman–Crippen MR) is 104 cm³/mol. The number of hydrogen-bond acceptors (Lipinski definition) is 3. The molecule has 0 fully saturated rings. The molecule has 3 rings (SSSR count). The number of nitrogens with zero attached hydrogens (tertiary/aromatic N) is 1. The monoisotopic (exact) mass is 337 g/mol. The van der Waals surface area contributed by atoms with Gasteiger partial charge in [-0.15, -0.1) is 0 Å². The van der Waals surface area contributed by atoms with Crippen molar-refractivity contribution in [3.63, 3.8) is 0 Å². The van der Waals surface area contributed by atoms with Crippen LogP contribution in [0.25, 0.3) is 11.6 Å². The minimum atomic E-state index is -0.237. The van der Waals surface area contributed by atoms with Crippen LogP contribution in [-0.2, 0) is 0 Å². The van der Waals surface area contributed by atoms with Gasteiger partial charge in [-0.05, 0) is 58.1 Å². The lowest BCUT2D eigenvalue weighted by molar-refractivity contribution is 0.0790. The summed E-state index contributed by atoms with van der Waals surface area (Å²) < 4.78 is 12.2. The molecule has 0 bridgehead atoms. The molecule has 0 saturated carbocycles. The Bertz CT molecular complexity index is 763. The van der Waals surface area contributed by atoms with Crippen molar-refractivity contribution in [1.82, 2.24) is 4.90 Å². The van der Waals surface area contributed by atoms with Crippen LogP contribution in [0.3, 0.4) is 0 Å². The zero-order chi connectivity index (χ0) is 18.0. The molecule has 3 heteroatoms. The molecule has 0 amide bonds. The van der Waals surface area contributed by atoms with Crippen LogP contribution in [0, 0.1) is 0 Å². The maximum Gasteiger partial charge on any atom is 0.149 e. The Hall–Kier alpha value is -2.26. The number of fused-ring (bicyclic) bond motifs is 1. The second-order valence-electron chi connectivity index (χ2n) is 7.46. The van der Waals surface area contributed by atoms with Crippen molar-refractivity contribution in [2.24, 2.45) is 0 Å². The Labute approximate surface area is 150 Å². The molecule has 2 aromatic rings. The second-order valence-corrected chi connectivity index (χ2v) is 7.46. The van der Waals surface area contributed by atoms with Crippen LogP contribution in [0.15, 0.2) is 48.5 Å². The van der Waals surface area contributed by atoms with E-state index in [9.17, 15) is 0 Å². The van der Waals surface area contributed by atoms with Crippen LogP contribution >= 0.6 is 0 Å². The molecule has 1 aliphatic rings. The molecule has 1 atom stereocenters. The third-order valence-electron chi connectivity index (χ3n) is 4.48. The van der Waals surface area contributed by atoms with Gasteiger partial charge in [0.25, 0.3) is 0 Å². The first-order chi connectivity index (χ1) is 11.8. The number of rotatable bonds is 4. The van der Waals surface area contributed by atoms with Gasteiger partial charge in [-0.2, -0.15) is 0 Å². The van der Waals surface area contributed by atoms with E-state index in [4.69, 9.17) is 9.47 Å². The van der Waals surface area contributed by atoms with Crippen LogP contribution in [-0.4, -0.2) is 30.8 Å². The minimum Gasteiger partial charge on any atom is -0.487 e. The number of benzene rings is 2. The quantitative estimate of drug-likeness (QED) is 0.727. The summed E-state index contributed by atoms with van der Waals surface area (Å²) in [7, 11) is 4.01. The molecular weight excluding hydrogens is 310 g/mol. The van der Waals surface area contributed by atoms with Crippen molar-refractivity contribution >= 4 is 11.6 Å². The molecule has 1 unspecified atom stereocenters. The SMILES string of the molecule is CC(Oc1ccc2c(c1)OC(C)(C)C/C2=C\c1ccccc1)N(C)C. The van der Waals surface area contributed by atoms with Gasteiger partial charge < -0.3 is 9.47 Å². The highest BCUT2D eigenvalue weighted by atomic mass is 16.5. The zero-order valence-electron chi connectivity index (χ0n) is 15.7. The lowest BCUT2D eigenvalue weighted by Crippen LogP contribution is -2.32. The van der Waals surface area contributed by atoms with Crippen LogP contribution in [0.1, 0.15) is 38.3 Å². The van der Waals surface area contributed by atoms with Crippen molar-refractivity contribution in [1.29, 1.82) is 0 Å². The Morgan fingerprint density at radius 3 is 2.52 bits per heavy atom. The molecule has 0 aromatic heterocycles. The summed E-state index contributed by atoms with van der Waals surface area (Å²) in [6.45, 7) is 6.29. The average molecular weight is 337 g/mol. The summed E-state index contributed by atoms with van der Waals surface area (Å²) in [6, 6.07) is 16.6. The molecular formula is C22H27NO2. The van der Waals surface area contributed by atoms with Gasteiger partial charge in [0.1, 0.15) is 23.3 Å². The third kappa shape index (κ3) is 4.23. The highest BCUT2D eigenvalue weighted by molar-refractivity contribution is 5.85. The fourth-order valence-corrected chi connectivity index (χ4v) is 2.99. The van der Waals surface area contributed by atoms with Gasteiger partial charge >= 0.3 is 0 Å². The second kappa shape index (κ2) is 6.93. The van der Waals surface area contributed by atoms with Crippen molar-refractivity contribution in [3.05, 3.63) is 59.7 Å². The van der Waals surface area contributed by atoms with Crippen LogP contribution in [0.5, 0.6) is 11.5 Å². The molecule has 0 radical (unpaired) electrons. The first-order valence-electron chi connectivity index (χ1n) is 8.76. The molecule has 2 aromatic carbocycles. The Kier molecular flexibility index (Phi) is 4.87. The molecule has 1 heterocycles. The highest BCUT2D eigenvalue weighted by Gasteiger charge is 2.30. The van der Waals surface area contributed by atoms with Gasteiger partial charge in [0.15, 0.2) is 0 Å². The van der Waals surface area contributed by atoms with Gasteiger partial charge in [0.05, 0.1) is 0 Å². The summed E-state index contributed by atoms with van der Waals surface area (Å²) >= 11 is 0. The molecule has 1 aliphatic heterocycles. The fraction of sp³-hybridized carbons (Fsp3) is 0.364. The van der Waals surface area contributed by atoms with Crippen LogP contribution < -0.4 is 9.47 Å². The van der Waals surface area contributed by atoms with Crippen molar-refractivity contribution in [2.75, 3.05) is 14.1 Å². The predicted octanol–water partition coefficient (Wildman–Crippen LogP) is 5.07. The smallest absolute Gasteiger partial charge is 0.149 e. The largest absolute Gasteiger partial charge is 0.487 e. The van der Waals surface area contributed by atoms with Gasteiger partial charge in [-0.1, -0.05) is 36.4 Å². The fourth-order valence-electron chi connectivity index (χ4n) is 2.99. The molecule has 0 saturated heterocycles. The molecule has 0 N–H and O–H groups in total. The summed E-state index contributed by atoms with van der Waals surface area (Å²) in [4.78, 5) is 2.03. The molecule has 3 nitrogen and oxygen atoms in total. The topological polar surface area (TPSA) is 21.7 Å². The van der Waals surface area contributed by atoms with E-state index in [0.29, 0.717) is 0 Å². The van der Waals surface area contributed by atoms with Gasteiger partial charge in [-0.25, -0.2) is 0 Å². The lowest BCUT2D eigenvalue weighted by atomic mass is 9.88. The van der Waals surface area contributed by atoms with E-state index in [2.05, 4.69) is 50.3 Å². The normalized spacial score (nSPS) is 18.6. The van der Waals surface area contributed by atoms with Crippen molar-refractivity contribution < 1.29 is 9.47 Å². The van der Waals surface area contributed by atoms with E-state index in [-0.39, 0.29) is 11.8 Å². The van der Waals surface area contributed by atoms with E-state index in [1.807, 2.05) is 44.1 Å².